The predicted molar refractivity (Wildman–Crippen MR) is 110 cm³/mol. The van der Waals surface area contributed by atoms with Crippen molar-refractivity contribution in [2.75, 3.05) is 6.61 Å². The van der Waals surface area contributed by atoms with Gasteiger partial charge in [-0.1, -0.05) is 20.8 Å². The number of hydrogen-bond donors (Lipinski definition) is 4. The number of rotatable bonds is 3. The zero-order chi connectivity index (χ0) is 20.6. The lowest BCUT2D eigenvalue weighted by molar-refractivity contribution is -0.237. The molecule has 6 rings (SSSR count). The molecule has 0 heterocycles. The van der Waals surface area contributed by atoms with Crippen LogP contribution in [0, 0.1) is 58.2 Å². The molecule has 6 fully saturated rings. The molecule has 0 aromatic carbocycles. The minimum atomic E-state index is -0.710. The Morgan fingerprint density at radius 2 is 1.66 bits per heavy atom. The average Bonchev–Trinajstić information content (AvgIpc) is 3.56. The normalized spacial score (nSPS) is 66.9. The Labute approximate surface area is 175 Å². The first-order chi connectivity index (χ1) is 13.6. The van der Waals surface area contributed by atoms with Crippen molar-refractivity contribution in [1.82, 2.24) is 0 Å². The molecule has 0 radical (unpaired) electrons. The highest BCUT2D eigenvalue weighted by molar-refractivity contribution is 5.30. The van der Waals surface area contributed by atoms with Crippen molar-refractivity contribution in [1.29, 1.82) is 0 Å². The van der Waals surface area contributed by atoms with Crippen molar-refractivity contribution in [2.45, 2.75) is 89.4 Å². The monoisotopic (exact) mass is 404 g/mol. The Balaban J connectivity index is 1.41. The molecule has 4 nitrogen and oxygen atoms in total. The summed E-state index contributed by atoms with van der Waals surface area (Å²) in [6.07, 6.45) is 6.73. The molecule has 4 heteroatoms. The van der Waals surface area contributed by atoms with Gasteiger partial charge < -0.3 is 20.4 Å². The number of aliphatic hydroxyl groups is 4. The summed E-state index contributed by atoms with van der Waals surface area (Å²) in [5, 5.41) is 43.8. The van der Waals surface area contributed by atoms with E-state index in [0.29, 0.717) is 60.2 Å². The zero-order valence-electron chi connectivity index (χ0n) is 18.3. The van der Waals surface area contributed by atoms with Crippen LogP contribution in [0.4, 0.5) is 0 Å². The van der Waals surface area contributed by atoms with Gasteiger partial charge in [0.05, 0.1) is 17.3 Å². The van der Waals surface area contributed by atoms with Crippen LogP contribution in [-0.4, -0.2) is 44.3 Å². The molecule has 29 heavy (non-hydrogen) atoms. The fraction of sp³-hybridized carbons (Fsp3) is 1.00. The topological polar surface area (TPSA) is 80.9 Å². The van der Waals surface area contributed by atoms with Crippen LogP contribution in [0.1, 0.15) is 72.1 Å². The van der Waals surface area contributed by atoms with E-state index in [1.807, 2.05) is 0 Å². The largest absolute Gasteiger partial charge is 0.396 e. The second kappa shape index (κ2) is 5.60. The third kappa shape index (κ3) is 2.02. The van der Waals surface area contributed by atoms with Crippen LogP contribution in [0.25, 0.3) is 0 Å². The molecule has 0 spiro atoms. The van der Waals surface area contributed by atoms with Gasteiger partial charge in [0.25, 0.3) is 0 Å². The van der Waals surface area contributed by atoms with Gasteiger partial charge in [-0.05, 0) is 103 Å². The van der Waals surface area contributed by atoms with E-state index in [4.69, 9.17) is 0 Å². The third-order valence-electron chi connectivity index (χ3n) is 12.0. The van der Waals surface area contributed by atoms with E-state index in [-0.39, 0.29) is 23.5 Å². The second-order valence-electron chi connectivity index (χ2n) is 12.6. The Morgan fingerprint density at radius 1 is 0.931 bits per heavy atom. The van der Waals surface area contributed by atoms with Gasteiger partial charge in [-0.15, -0.1) is 0 Å². The molecule has 6 saturated carbocycles. The molecule has 13 atom stereocenters. The minimum absolute atomic E-state index is 0.0379. The number of fused-ring (bicyclic) bond motifs is 10. The van der Waals surface area contributed by atoms with E-state index in [0.717, 1.165) is 38.5 Å². The second-order valence-corrected chi connectivity index (χ2v) is 12.6. The standard InChI is InChI=1S/C25H40O4/c1-13-18-19-16(22(2)8-5-14(27)12-25(22,29)20(13)18)6-9-23(3)21(19)15-11-17(15)24(23,28)7-4-10-26/h13-21,26-29H,4-12H2,1-3H3/t13-,14+,15-,16?,17+,18-,19?,20-,21?,22-,23+,24+,25-/m1/s1. The van der Waals surface area contributed by atoms with Crippen molar-refractivity contribution in [3.63, 3.8) is 0 Å². The van der Waals surface area contributed by atoms with Crippen LogP contribution in [0.5, 0.6) is 0 Å². The van der Waals surface area contributed by atoms with Crippen LogP contribution < -0.4 is 0 Å². The lowest BCUT2D eigenvalue weighted by atomic mass is 9.42. The summed E-state index contributed by atoms with van der Waals surface area (Å²) in [5.74, 6) is 4.21. The third-order valence-corrected chi connectivity index (χ3v) is 12.0. The summed E-state index contributed by atoms with van der Waals surface area (Å²) in [4.78, 5) is 0. The average molecular weight is 405 g/mol. The SMILES string of the molecule is C[C@@H]1[C@@H]2C3C4[C@@H]5C[C@@H]5[C@@](O)(CCCO)[C@@]4(C)CCC3[C@@]3(C)CC[C@H](O)C[C@@]3(O)[C@H]12. The number of hydrogen-bond acceptors (Lipinski definition) is 4. The van der Waals surface area contributed by atoms with Crippen molar-refractivity contribution in [3.8, 4) is 0 Å². The maximum Gasteiger partial charge on any atom is 0.0761 e. The molecule has 6 aliphatic rings. The smallest absolute Gasteiger partial charge is 0.0761 e. The van der Waals surface area contributed by atoms with Gasteiger partial charge in [-0.25, -0.2) is 0 Å². The van der Waals surface area contributed by atoms with Gasteiger partial charge in [0.2, 0.25) is 0 Å². The molecule has 4 N–H and O–H groups in total. The summed E-state index contributed by atoms with van der Waals surface area (Å²) < 4.78 is 0. The Kier molecular flexibility index (Phi) is 3.77. The van der Waals surface area contributed by atoms with E-state index < -0.39 is 11.2 Å². The first-order valence-corrected chi connectivity index (χ1v) is 12.4. The molecule has 0 aromatic rings. The highest BCUT2D eigenvalue weighted by atomic mass is 16.3. The van der Waals surface area contributed by atoms with Crippen LogP contribution in [-0.2, 0) is 0 Å². The fourth-order valence-corrected chi connectivity index (χ4v) is 10.6. The number of aliphatic hydroxyl groups excluding tert-OH is 2. The van der Waals surface area contributed by atoms with E-state index in [1.54, 1.807) is 0 Å². The molecule has 0 aliphatic heterocycles. The molecular weight excluding hydrogens is 364 g/mol. The van der Waals surface area contributed by atoms with Gasteiger partial charge in [-0.2, -0.15) is 0 Å². The maximum atomic E-state index is 12.0. The van der Waals surface area contributed by atoms with Crippen molar-refractivity contribution < 1.29 is 20.4 Å². The molecule has 3 unspecified atom stereocenters. The van der Waals surface area contributed by atoms with Gasteiger partial charge in [0.15, 0.2) is 0 Å². The maximum absolute atomic E-state index is 12.0. The van der Waals surface area contributed by atoms with Crippen LogP contribution in [0.2, 0.25) is 0 Å². The zero-order valence-corrected chi connectivity index (χ0v) is 18.3. The summed E-state index contributed by atoms with van der Waals surface area (Å²) in [6, 6.07) is 0. The van der Waals surface area contributed by atoms with Crippen LogP contribution in [0.15, 0.2) is 0 Å². The van der Waals surface area contributed by atoms with Crippen molar-refractivity contribution in [2.24, 2.45) is 58.2 Å². The molecule has 0 amide bonds. The Bertz CT molecular complexity index is 726. The van der Waals surface area contributed by atoms with Crippen molar-refractivity contribution >= 4 is 0 Å². The van der Waals surface area contributed by atoms with Gasteiger partial charge in [-0.3, -0.25) is 0 Å². The van der Waals surface area contributed by atoms with E-state index in [1.165, 1.54) is 0 Å². The van der Waals surface area contributed by atoms with Crippen LogP contribution in [0.3, 0.4) is 0 Å². The molecule has 0 bridgehead atoms. The van der Waals surface area contributed by atoms with Gasteiger partial charge in [0.1, 0.15) is 0 Å². The molecular formula is C25H40O4. The lowest BCUT2D eigenvalue weighted by Gasteiger charge is -2.64. The summed E-state index contributed by atoms with van der Waals surface area (Å²) in [6.45, 7) is 7.22. The van der Waals surface area contributed by atoms with E-state index in [2.05, 4.69) is 20.8 Å². The van der Waals surface area contributed by atoms with Crippen LogP contribution >= 0.6 is 0 Å². The Hall–Kier alpha value is -0.160. The van der Waals surface area contributed by atoms with Crippen molar-refractivity contribution in [3.05, 3.63) is 0 Å². The van der Waals surface area contributed by atoms with E-state index >= 15 is 0 Å². The summed E-state index contributed by atoms with van der Waals surface area (Å²) in [7, 11) is 0. The molecule has 0 aromatic heterocycles. The summed E-state index contributed by atoms with van der Waals surface area (Å²) >= 11 is 0. The van der Waals surface area contributed by atoms with E-state index in [9.17, 15) is 20.4 Å². The molecule has 164 valence electrons. The fourth-order valence-electron chi connectivity index (χ4n) is 10.6. The first-order valence-electron chi connectivity index (χ1n) is 12.4. The first kappa shape index (κ1) is 19.5. The van der Waals surface area contributed by atoms with Gasteiger partial charge in [0, 0.05) is 13.0 Å². The highest BCUT2D eigenvalue weighted by Gasteiger charge is 2.82. The summed E-state index contributed by atoms with van der Waals surface area (Å²) in [5.41, 5.74) is -1.45. The lowest BCUT2D eigenvalue weighted by Crippen LogP contribution is -2.65. The quantitative estimate of drug-likeness (QED) is 0.583. The van der Waals surface area contributed by atoms with Gasteiger partial charge >= 0.3 is 0 Å². The minimum Gasteiger partial charge on any atom is -0.396 e. The molecule has 0 saturated heterocycles. The predicted octanol–water partition coefficient (Wildman–Crippen LogP) is 2.97. The molecule has 6 aliphatic carbocycles. The highest BCUT2D eigenvalue weighted by Crippen LogP contribution is 2.83. The Morgan fingerprint density at radius 3 is 2.38 bits per heavy atom.